The summed E-state index contributed by atoms with van der Waals surface area (Å²) in [4.78, 5) is 66.9. The zero-order valence-electron chi connectivity index (χ0n) is 21.3. The Morgan fingerprint density at radius 2 is 1.74 bits per heavy atom. The molecule has 4 N–H and O–H groups in total. The predicted molar refractivity (Wildman–Crippen MR) is 137 cm³/mol. The summed E-state index contributed by atoms with van der Waals surface area (Å²) in [5.41, 5.74) is 5.58. The SMILES string of the molecule is CN(C)c1cc(CCc2ccccc2)c(O)c2c1C[C@H]1C[C@H]3CC(=O)C(C(N)=O)C(=O)[C@@]3(O)C(=O)C1C2=O. The maximum Gasteiger partial charge on any atom is 0.235 e. The highest BCUT2D eigenvalue weighted by Gasteiger charge is 2.66. The van der Waals surface area contributed by atoms with Gasteiger partial charge in [-0.15, -0.1) is 0 Å². The van der Waals surface area contributed by atoms with Crippen LogP contribution in [0.25, 0.3) is 0 Å². The number of ketones is 4. The molecule has 5 rings (SSSR count). The summed E-state index contributed by atoms with van der Waals surface area (Å²) in [7, 11) is 3.66. The average molecular weight is 519 g/mol. The molecule has 9 heteroatoms. The molecule has 38 heavy (non-hydrogen) atoms. The Morgan fingerprint density at radius 3 is 2.37 bits per heavy atom. The van der Waals surface area contributed by atoms with Crippen molar-refractivity contribution in [3.8, 4) is 5.75 Å². The lowest BCUT2D eigenvalue weighted by Gasteiger charge is -2.48. The molecule has 2 aromatic rings. The Morgan fingerprint density at radius 1 is 1.05 bits per heavy atom. The molecule has 1 amide bonds. The molecule has 0 radical (unpaired) electrons. The molecule has 0 aromatic heterocycles. The number of fused-ring (bicyclic) bond motifs is 3. The van der Waals surface area contributed by atoms with Crippen molar-refractivity contribution in [2.24, 2.45) is 29.4 Å². The van der Waals surface area contributed by atoms with Crippen LogP contribution < -0.4 is 10.6 Å². The van der Waals surface area contributed by atoms with Gasteiger partial charge in [0.25, 0.3) is 0 Å². The Bertz CT molecular complexity index is 1380. The van der Waals surface area contributed by atoms with Gasteiger partial charge in [0.2, 0.25) is 5.91 Å². The lowest BCUT2D eigenvalue weighted by molar-refractivity contribution is -0.175. The monoisotopic (exact) mass is 518 g/mol. The quantitative estimate of drug-likeness (QED) is 0.499. The van der Waals surface area contributed by atoms with Crippen LogP contribution in [0.5, 0.6) is 5.75 Å². The van der Waals surface area contributed by atoms with Crippen LogP contribution in [-0.4, -0.2) is 58.9 Å². The molecule has 3 aliphatic rings. The van der Waals surface area contributed by atoms with Gasteiger partial charge < -0.3 is 20.8 Å². The van der Waals surface area contributed by atoms with Gasteiger partial charge in [0.15, 0.2) is 34.7 Å². The molecule has 0 aliphatic heterocycles. The Kier molecular flexibility index (Phi) is 6.22. The number of carbonyl (C=O) groups is 5. The number of nitrogens with two attached hydrogens (primary N) is 1. The summed E-state index contributed by atoms with van der Waals surface area (Å²) in [5, 5.41) is 22.6. The Labute approximate surface area is 219 Å². The first-order valence-corrected chi connectivity index (χ1v) is 12.7. The van der Waals surface area contributed by atoms with Crippen molar-refractivity contribution in [3.05, 3.63) is 58.7 Å². The second-order valence-corrected chi connectivity index (χ2v) is 10.9. The first kappa shape index (κ1) is 25.8. The van der Waals surface area contributed by atoms with E-state index in [1.54, 1.807) is 0 Å². The van der Waals surface area contributed by atoms with Crippen LogP contribution in [0.2, 0.25) is 0 Å². The van der Waals surface area contributed by atoms with Gasteiger partial charge in [0, 0.05) is 32.1 Å². The summed E-state index contributed by atoms with van der Waals surface area (Å²) >= 11 is 0. The zero-order chi connectivity index (χ0) is 27.5. The van der Waals surface area contributed by atoms with Crippen LogP contribution in [0, 0.1) is 23.7 Å². The zero-order valence-corrected chi connectivity index (χ0v) is 21.3. The lowest BCUT2D eigenvalue weighted by Crippen LogP contribution is -2.68. The largest absolute Gasteiger partial charge is 0.507 e. The van der Waals surface area contributed by atoms with Crippen molar-refractivity contribution in [2.75, 3.05) is 19.0 Å². The number of Topliss-reactive ketones (excluding diaryl/α,β-unsaturated/α-hetero) is 4. The van der Waals surface area contributed by atoms with E-state index in [1.807, 2.05) is 55.4 Å². The molecule has 2 fully saturated rings. The molecule has 2 aromatic carbocycles. The molecule has 0 heterocycles. The van der Waals surface area contributed by atoms with E-state index in [9.17, 15) is 34.2 Å². The highest BCUT2D eigenvalue weighted by molar-refractivity contribution is 6.31. The van der Waals surface area contributed by atoms with E-state index in [0.29, 0.717) is 24.0 Å². The van der Waals surface area contributed by atoms with Crippen LogP contribution >= 0.6 is 0 Å². The number of nitrogens with zero attached hydrogens (tertiary/aromatic N) is 1. The number of hydrogen-bond acceptors (Lipinski definition) is 8. The molecule has 0 spiro atoms. The van der Waals surface area contributed by atoms with Crippen molar-refractivity contribution >= 4 is 34.7 Å². The number of primary amides is 1. The molecule has 3 aliphatic carbocycles. The van der Waals surface area contributed by atoms with Crippen LogP contribution in [0.1, 0.15) is 39.9 Å². The van der Waals surface area contributed by atoms with Gasteiger partial charge >= 0.3 is 0 Å². The molecule has 0 saturated heterocycles. The van der Waals surface area contributed by atoms with E-state index in [-0.39, 0.29) is 30.6 Å². The van der Waals surface area contributed by atoms with E-state index in [4.69, 9.17) is 5.73 Å². The van der Waals surface area contributed by atoms with Gasteiger partial charge in [-0.2, -0.15) is 0 Å². The number of phenols is 1. The standard InChI is InChI=1S/C29H30N2O7/c1-31(2)19-12-15(9-8-14-6-4-3-5-7-14)24(33)22-18(19)11-16-10-17-13-20(32)23(28(30)37)27(36)29(17,38)26(35)21(16)25(22)34/h3-7,12,16-17,21,23,33,38H,8-11,13H2,1-2H3,(H2,30,37)/t16-,17+,21?,23?,29+/m1/s1. The number of amides is 1. The molecule has 0 bridgehead atoms. The van der Waals surface area contributed by atoms with Crippen molar-refractivity contribution in [3.63, 3.8) is 0 Å². The molecule has 198 valence electrons. The Hall–Kier alpha value is -3.85. The number of phenolic OH excluding ortho intramolecular Hbond substituents is 1. The number of anilines is 1. The van der Waals surface area contributed by atoms with Crippen LogP contribution in [0.3, 0.4) is 0 Å². The van der Waals surface area contributed by atoms with E-state index >= 15 is 0 Å². The fraction of sp³-hybridized carbons (Fsp3) is 0.414. The third-order valence-corrected chi connectivity index (χ3v) is 8.47. The lowest BCUT2D eigenvalue weighted by atomic mass is 9.53. The number of rotatable bonds is 5. The number of aliphatic hydroxyl groups is 1. The highest BCUT2D eigenvalue weighted by Crippen LogP contribution is 2.51. The molecular weight excluding hydrogens is 488 g/mol. The summed E-state index contributed by atoms with van der Waals surface area (Å²) in [5.74, 6) is -9.96. The first-order chi connectivity index (χ1) is 18.0. The van der Waals surface area contributed by atoms with Crippen LogP contribution in [-0.2, 0) is 38.4 Å². The molecule has 2 saturated carbocycles. The molecule has 2 unspecified atom stereocenters. The van der Waals surface area contributed by atoms with Gasteiger partial charge in [-0.1, -0.05) is 30.3 Å². The predicted octanol–water partition coefficient (Wildman–Crippen LogP) is 1.18. The van der Waals surface area contributed by atoms with Crippen LogP contribution in [0.4, 0.5) is 5.69 Å². The third-order valence-electron chi connectivity index (χ3n) is 8.47. The van der Waals surface area contributed by atoms with Gasteiger partial charge in [-0.3, -0.25) is 24.0 Å². The minimum absolute atomic E-state index is 0.0293. The van der Waals surface area contributed by atoms with Gasteiger partial charge in [-0.05, 0) is 54.4 Å². The fourth-order valence-corrected chi connectivity index (χ4v) is 6.58. The van der Waals surface area contributed by atoms with Gasteiger partial charge in [0.1, 0.15) is 5.75 Å². The minimum Gasteiger partial charge on any atom is -0.507 e. The maximum atomic E-state index is 13.9. The normalized spacial score (nSPS) is 28.4. The van der Waals surface area contributed by atoms with Crippen molar-refractivity contribution < 1.29 is 34.2 Å². The minimum atomic E-state index is -2.65. The number of hydrogen-bond donors (Lipinski definition) is 3. The average Bonchev–Trinajstić information content (AvgIpc) is 2.86. The van der Waals surface area contributed by atoms with Crippen molar-refractivity contribution in [2.45, 2.75) is 37.7 Å². The van der Waals surface area contributed by atoms with E-state index < -0.39 is 58.3 Å². The van der Waals surface area contributed by atoms with E-state index in [1.165, 1.54) is 0 Å². The molecular formula is C29H30N2O7. The molecule has 9 nitrogen and oxygen atoms in total. The summed E-state index contributed by atoms with van der Waals surface area (Å²) in [6.07, 6.45) is 1.05. The Balaban J connectivity index is 1.56. The fourth-order valence-electron chi connectivity index (χ4n) is 6.58. The maximum absolute atomic E-state index is 13.9. The third kappa shape index (κ3) is 3.75. The second kappa shape index (κ2) is 9.16. The van der Waals surface area contributed by atoms with Crippen LogP contribution in [0.15, 0.2) is 36.4 Å². The highest BCUT2D eigenvalue weighted by atomic mass is 16.3. The summed E-state index contributed by atoms with van der Waals surface area (Å²) < 4.78 is 0. The number of aryl methyl sites for hydroxylation is 2. The summed E-state index contributed by atoms with van der Waals surface area (Å²) in [6, 6.07) is 11.6. The topological polar surface area (TPSA) is 155 Å². The number of aromatic hydroxyl groups is 1. The number of benzene rings is 2. The van der Waals surface area contributed by atoms with Crippen molar-refractivity contribution in [1.29, 1.82) is 0 Å². The summed E-state index contributed by atoms with van der Waals surface area (Å²) in [6.45, 7) is 0. The molecule has 5 atom stereocenters. The van der Waals surface area contributed by atoms with E-state index in [2.05, 4.69) is 0 Å². The number of carbonyl (C=O) groups excluding carboxylic acids is 5. The van der Waals surface area contributed by atoms with E-state index in [0.717, 1.165) is 11.3 Å². The van der Waals surface area contributed by atoms with Gasteiger partial charge in [0.05, 0.1) is 11.5 Å². The smallest absolute Gasteiger partial charge is 0.235 e. The van der Waals surface area contributed by atoms with Crippen molar-refractivity contribution in [1.82, 2.24) is 0 Å². The second-order valence-electron chi connectivity index (χ2n) is 10.9. The van der Waals surface area contributed by atoms with Gasteiger partial charge in [-0.25, -0.2) is 0 Å². The first-order valence-electron chi connectivity index (χ1n) is 12.7.